The molecule has 0 radical (unpaired) electrons. The third-order valence-electron chi connectivity index (χ3n) is 3.37. The van der Waals surface area contributed by atoms with Crippen LogP contribution in [0.4, 0.5) is 0 Å². The smallest absolute Gasteiger partial charge is 0.0559 e. The number of hydrogen-bond donors (Lipinski definition) is 1. The van der Waals surface area contributed by atoms with Crippen molar-refractivity contribution < 1.29 is 9.84 Å². The number of hydrogen-bond acceptors (Lipinski definition) is 2. The Morgan fingerprint density at radius 3 is 2.38 bits per heavy atom. The fourth-order valence-corrected chi connectivity index (χ4v) is 2.28. The predicted octanol–water partition coefficient (Wildman–Crippen LogP) is 2.29. The summed E-state index contributed by atoms with van der Waals surface area (Å²) in [7, 11) is 1.77. The van der Waals surface area contributed by atoms with Gasteiger partial charge in [-0.3, -0.25) is 0 Å². The maximum absolute atomic E-state index is 9.31. The van der Waals surface area contributed by atoms with Crippen molar-refractivity contribution in [1.29, 1.82) is 0 Å². The van der Waals surface area contributed by atoms with E-state index in [1.807, 2.05) is 6.92 Å². The Hall–Kier alpha value is -0.860. The average molecular weight is 220 g/mol. The average Bonchev–Trinajstić information content (AvgIpc) is 2.99. The van der Waals surface area contributed by atoms with Gasteiger partial charge in [0.25, 0.3) is 0 Å². The van der Waals surface area contributed by atoms with E-state index in [4.69, 9.17) is 4.74 Å². The first-order valence-electron chi connectivity index (χ1n) is 5.93. The summed E-state index contributed by atoms with van der Waals surface area (Å²) in [4.78, 5) is 0. The van der Waals surface area contributed by atoms with Gasteiger partial charge in [0, 0.05) is 12.5 Å². The Morgan fingerprint density at radius 2 is 1.94 bits per heavy atom. The van der Waals surface area contributed by atoms with Crippen molar-refractivity contribution >= 4 is 0 Å². The van der Waals surface area contributed by atoms with Gasteiger partial charge in [-0.1, -0.05) is 24.3 Å². The van der Waals surface area contributed by atoms with Gasteiger partial charge >= 0.3 is 0 Å². The minimum absolute atomic E-state index is 0.264. The molecule has 1 aliphatic rings. The Labute approximate surface area is 97.3 Å². The molecule has 0 spiro atoms. The second-order valence-electron chi connectivity index (χ2n) is 4.96. The lowest BCUT2D eigenvalue weighted by Gasteiger charge is -2.15. The highest BCUT2D eigenvalue weighted by molar-refractivity contribution is 5.34. The van der Waals surface area contributed by atoms with E-state index in [1.165, 1.54) is 24.0 Å². The molecule has 2 rings (SSSR count). The summed E-state index contributed by atoms with van der Waals surface area (Å²) in [6.45, 7) is 2.64. The molecular formula is C14H20O2. The van der Waals surface area contributed by atoms with Crippen LogP contribution in [0.15, 0.2) is 24.3 Å². The van der Waals surface area contributed by atoms with Gasteiger partial charge in [0.2, 0.25) is 0 Å². The molecule has 0 saturated heterocycles. The van der Waals surface area contributed by atoms with E-state index < -0.39 is 0 Å². The molecule has 0 amide bonds. The van der Waals surface area contributed by atoms with Crippen LogP contribution in [0.3, 0.4) is 0 Å². The summed E-state index contributed by atoms with van der Waals surface area (Å²) in [6.07, 6.45) is 2.93. The van der Waals surface area contributed by atoms with E-state index in [-0.39, 0.29) is 11.5 Å². The molecule has 2 nitrogen and oxygen atoms in total. The summed E-state index contributed by atoms with van der Waals surface area (Å²) in [6, 6.07) is 8.61. The van der Waals surface area contributed by atoms with Crippen LogP contribution in [0, 0.1) is 0 Å². The fourth-order valence-electron chi connectivity index (χ4n) is 2.28. The van der Waals surface area contributed by atoms with E-state index in [2.05, 4.69) is 24.3 Å². The lowest BCUT2D eigenvalue weighted by atomic mass is 9.95. The van der Waals surface area contributed by atoms with Crippen molar-refractivity contribution in [2.75, 3.05) is 13.7 Å². The molecule has 0 heterocycles. The van der Waals surface area contributed by atoms with E-state index >= 15 is 0 Å². The lowest BCUT2D eigenvalue weighted by Crippen LogP contribution is -2.14. The van der Waals surface area contributed by atoms with E-state index in [0.717, 1.165) is 13.0 Å². The molecule has 1 aromatic carbocycles. The van der Waals surface area contributed by atoms with Crippen LogP contribution in [0.5, 0.6) is 0 Å². The second kappa shape index (κ2) is 4.56. The standard InChI is InChI=1S/C14H20O2/c1-11(15)9-12-3-5-13(6-4-12)14(7-8-14)10-16-2/h3-6,11,15H,7-10H2,1-2H3. The highest BCUT2D eigenvalue weighted by Gasteiger charge is 2.44. The van der Waals surface area contributed by atoms with Crippen LogP contribution < -0.4 is 0 Å². The Kier molecular flexibility index (Phi) is 3.31. The topological polar surface area (TPSA) is 29.5 Å². The van der Waals surface area contributed by atoms with Crippen LogP contribution >= 0.6 is 0 Å². The van der Waals surface area contributed by atoms with E-state index in [0.29, 0.717) is 0 Å². The van der Waals surface area contributed by atoms with Gasteiger partial charge in [-0.15, -0.1) is 0 Å². The molecule has 1 unspecified atom stereocenters. The van der Waals surface area contributed by atoms with Crippen molar-refractivity contribution in [3.05, 3.63) is 35.4 Å². The Morgan fingerprint density at radius 1 is 1.31 bits per heavy atom. The zero-order valence-electron chi connectivity index (χ0n) is 10.1. The first kappa shape index (κ1) is 11.6. The van der Waals surface area contributed by atoms with Crippen molar-refractivity contribution in [2.24, 2.45) is 0 Å². The minimum atomic E-state index is -0.264. The number of benzene rings is 1. The maximum Gasteiger partial charge on any atom is 0.0559 e. The monoisotopic (exact) mass is 220 g/mol. The first-order chi connectivity index (χ1) is 7.66. The summed E-state index contributed by atoms with van der Waals surface area (Å²) in [5, 5.41) is 9.31. The van der Waals surface area contributed by atoms with Gasteiger partial charge in [0.05, 0.1) is 12.7 Å². The number of aliphatic hydroxyl groups excluding tert-OH is 1. The molecule has 16 heavy (non-hydrogen) atoms. The molecule has 1 fully saturated rings. The molecule has 2 heteroatoms. The van der Waals surface area contributed by atoms with Gasteiger partial charge in [-0.25, -0.2) is 0 Å². The normalized spacial score (nSPS) is 19.4. The summed E-state index contributed by atoms with van der Waals surface area (Å²) < 4.78 is 5.28. The molecule has 1 aromatic rings. The summed E-state index contributed by atoms with van der Waals surface area (Å²) in [5.74, 6) is 0. The number of aliphatic hydroxyl groups is 1. The summed E-state index contributed by atoms with van der Waals surface area (Å²) in [5.41, 5.74) is 2.87. The third-order valence-corrected chi connectivity index (χ3v) is 3.37. The maximum atomic E-state index is 9.31. The molecule has 88 valence electrons. The van der Waals surface area contributed by atoms with E-state index in [1.54, 1.807) is 7.11 Å². The van der Waals surface area contributed by atoms with Crippen LogP contribution in [0.2, 0.25) is 0 Å². The van der Waals surface area contributed by atoms with Gasteiger partial charge in [0.15, 0.2) is 0 Å². The van der Waals surface area contributed by atoms with Gasteiger partial charge in [-0.05, 0) is 37.3 Å². The minimum Gasteiger partial charge on any atom is -0.393 e. The van der Waals surface area contributed by atoms with Crippen molar-refractivity contribution in [2.45, 2.75) is 37.7 Å². The van der Waals surface area contributed by atoms with Crippen LogP contribution in [-0.4, -0.2) is 24.9 Å². The predicted molar refractivity (Wildman–Crippen MR) is 64.6 cm³/mol. The molecular weight excluding hydrogens is 200 g/mol. The molecule has 1 N–H and O–H groups in total. The molecule has 1 aliphatic carbocycles. The van der Waals surface area contributed by atoms with Gasteiger partial charge in [0.1, 0.15) is 0 Å². The van der Waals surface area contributed by atoms with Gasteiger partial charge < -0.3 is 9.84 Å². The zero-order valence-corrected chi connectivity index (χ0v) is 10.1. The molecule has 0 bridgehead atoms. The van der Waals surface area contributed by atoms with Crippen LogP contribution in [-0.2, 0) is 16.6 Å². The third kappa shape index (κ3) is 2.45. The number of ether oxygens (including phenoxy) is 1. The Balaban J connectivity index is 2.07. The summed E-state index contributed by atoms with van der Waals surface area (Å²) >= 11 is 0. The van der Waals surface area contributed by atoms with Crippen molar-refractivity contribution in [1.82, 2.24) is 0 Å². The molecule has 0 aromatic heterocycles. The second-order valence-corrected chi connectivity index (χ2v) is 4.96. The lowest BCUT2D eigenvalue weighted by molar-refractivity contribution is 0.171. The number of rotatable bonds is 5. The van der Waals surface area contributed by atoms with Crippen LogP contribution in [0.1, 0.15) is 30.9 Å². The quantitative estimate of drug-likeness (QED) is 0.825. The molecule has 1 atom stereocenters. The SMILES string of the molecule is COCC1(c2ccc(CC(C)O)cc2)CC1. The van der Waals surface area contributed by atoms with E-state index in [9.17, 15) is 5.11 Å². The Bertz CT molecular complexity index is 336. The van der Waals surface area contributed by atoms with Crippen molar-refractivity contribution in [3.8, 4) is 0 Å². The molecule has 0 aliphatic heterocycles. The zero-order chi connectivity index (χ0) is 11.6. The fraction of sp³-hybridized carbons (Fsp3) is 0.571. The largest absolute Gasteiger partial charge is 0.393 e. The highest BCUT2D eigenvalue weighted by atomic mass is 16.5. The first-order valence-corrected chi connectivity index (χ1v) is 5.93. The van der Waals surface area contributed by atoms with Crippen molar-refractivity contribution in [3.63, 3.8) is 0 Å². The van der Waals surface area contributed by atoms with Gasteiger partial charge in [-0.2, -0.15) is 0 Å². The highest BCUT2D eigenvalue weighted by Crippen LogP contribution is 2.48. The van der Waals surface area contributed by atoms with Crippen LogP contribution in [0.25, 0.3) is 0 Å². The number of methoxy groups -OCH3 is 1. The molecule has 1 saturated carbocycles.